The van der Waals surface area contributed by atoms with Gasteiger partial charge in [0.2, 0.25) is 0 Å². The second kappa shape index (κ2) is 8.05. The summed E-state index contributed by atoms with van der Waals surface area (Å²) in [6.07, 6.45) is 3.46. The molecule has 130 valence electrons. The van der Waals surface area contributed by atoms with Crippen LogP contribution in [0.15, 0.2) is 24.3 Å². The maximum Gasteiger partial charge on any atom is 0.269 e. The van der Waals surface area contributed by atoms with Crippen LogP contribution in [0.1, 0.15) is 43.5 Å². The molecule has 24 heavy (non-hydrogen) atoms. The van der Waals surface area contributed by atoms with Crippen molar-refractivity contribution in [1.82, 2.24) is 16.2 Å². The number of hydrogen-bond donors (Lipinski definition) is 3. The lowest BCUT2D eigenvalue weighted by Crippen LogP contribution is -2.52. The summed E-state index contributed by atoms with van der Waals surface area (Å²) in [5.74, 6) is 0.761. The Morgan fingerprint density at radius 2 is 1.88 bits per heavy atom. The lowest BCUT2D eigenvalue weighted by atomic mass is 9.78. The average Bonchev–Trinajstić information content (AvgIpc) is 2.57. The number of carbonyl (C=O) groups excluding carboxylic acids is 1. The number of non-ortho nitro benzene ring substituents is 1. The average molecular weight is 350 g/mol. The van der Waals surface area contributed by atoms with E-state index in [1.165, 1.54) is 37.1 Å². The zero-order chi connectivity index (χ0) is 17.7. The zero-order valence-electron chi connectivity index (χ0n) is 13.7. The Balaban J connectivity index is 1.82. The van der Waals surface area contributed by atoms with Crippen LogP contribution in [0.2, 0.25) is 0 Å². The molecule has 1 aliphatic rings. The van der Waals surface area contributed by atoms with Gasteiger partial charge in [0, 0.05) is 23.7 Å². The van der Waals surface area contributed by atoms with Gasteiger partial charge in [-0.3, -0.25) is 25.8 Å². The number of hydrazine groups is 1. The van der Waals surface area contributed by atoms with Crippen molar-refractivity contribution < 1.29 is 9.72 Å². The molecule has 8 heteroatoms. The first-order valence-corrected chi connectivity index (χ1v) is 8.40. The minimum Gasteiger partial charge on any atom is -0.358 e. The quantitative estimate of drug-likeness (QED) is 0.440. The molecular weight excluding hydrogens is 328 g/mol. The predicted molar refractivity (Wildman–Crippen MR) is 95.4 cm³/mol. The number of nitro benzene ring substituents is 1. The molecule has 0 heterocycles. The van der Waals surface area contributed by atoms with Gasteiger partial charge in [-0.05, 0) is 42.6 Å². The number of benzene rings is 1. The Hall–Kier alpha value is -2.22. The molecule has 3 atom stereocenters. The van der Waals surface area contributed by atoms with Gasteiger partial charge >= 0.3 is 0 Å². The van der Waals surface area contributed by atoms with Crippen LogP contribution in [0, 0.1) is 22.0 Å². The van der Waals surface area contributed by atoms with Crippen LogP contribution in [0.4, 0.5) is 5.69 Å². The van der Waals surface area contributed by atoms with E-state index in [9.17, 15) is 14.9 Å². The number of nitrogens with one attached hydrogen (secondary N) is 3. The number of thiocarbonyl (C=S) groups is 1. The van der Waals surface area contributed by atoms with Crippen LogP contribution < -0.4 is 16.2 Å². The Morgan fingerprint density at radius 3 is 2.50 bits per heavy atom. The van der Waals surface area contributed by atoms with Gasteiger partial charge in [0.05, 0.1) is 4.92 Å². The summed E-state index contributed by atoms with van der Waals surface area (Å²) >= 11 is 5.22. The van der Waals surface area contributed by atoms with E-state index in [2.05, 4.69) is 30.0 Å². The fourth-order valence-corrected chi connectivity index (χ4v) is 3.11. The number of amides is 1. The molecule has 1 aliphatic carbocycles. The highest BCUT2D eigenvalue weighted by Gasteiger charge is 2.27. The number of rotatable bonds is 3. The van der Waals surface area contributed by atoms with E-state index in [1.54, 1.807) is 0 Å². The largest absolute Gasteiger partial charge is 0.358 e. The topological polar surface area (TPSA) is 96.3 Å². The molecule has 1 aromatic carbocycles. The second-order valence-corrected chi connectivity index (χ2v) is 6.64. The Kier molecular flexibility index (Phi) is 6.08. The van der Waals surface area contributed by atoms with Crippen molar-refractivity contribution in [2.45, 2.75) is 39.2 Å². The van der Waals surface area contributed by atoms with Gasteiger partial charge in [-0.2, -0.15) is 0 Å². The lowest BCUT2D eigenvalue weighted by molar-refractivity contribution is -0.384. The molecule has 0 spiro atoms. The molecule has 0 radical (unpaired) electrons. The van der Waals surface area contributed by atoms with E-state index >= 15 is 0 Å². The standard InChI is InChI=1S/C16H22N4O3S/c1-10-4-3-5-14(11(10)2)17-16(24)19-18-15(21)12-6-8-13(9-7-12)20(22)23/h6-11,14H,3-5H2,1-2H3,(H,18,21)(H2,17,19,24)/t10-,11+,14-/m0/s1. The first-order chi connectivity index (χ1) is 11.4. The number of nitro groups is 1. The molecule has 0 aliphatic heterocycles. The fourth-order valence-electron chi connectivity index (χ4n) is 2.91. The Labute approximate surface area is 146 Å². The highest BCUT2D eigenvalue weighted by atomic mass is 32.1. The molecule has 0 unspecified atom stereocenters. The van der Waals surface area contributed by atoms with Crippen molar-refractivity contribution >= 4 is 28.9 Å². The SMILES string of the molecule is C[C@H]1[C@@H](NC(=S)NNC(=O)c2ccc([N+](=O)[O-])cc2)CCC[C@@H]1C. The molecule has 7 nitrogen and oxygen atoms in total. The Morgan fingerprint density at radius 1 is 1.21 bits per heavy atom. The number of carbonyl (C=O) groups is 1. The molecule has 1 aromatic rings. The van der Waals surface area contributed by atoms with Crippen molar-refractivity contribution in [1.29, 1.82) is 0 Å². The first kappa shape index (κ1) is 18.1. The van der Waals surface area contributed by atoms with Gasteiger partial charge < -0.3 is 5.32 Å². The van der Waals surface area contributed by atoms with Gasteiger partial charge in [-0.25, -0.2) is 0 Å². The molecule has 3 N–H and O–H groups in total. The van der Waals surface area contributed by atoms with Gasteiger partial charge in [-0.1, -0.05) is 26.7 Å². The predicted octanol–water partition coefficient (Wildman–Crippen LogP) is 2.53. The van der Waals surface area contributed by atoms with Crippen molar-refractivity contribution in [2.24, 2.45) is 11.8 Å². The van der Waals surface area contributed by atoms with Crippen LogP contribution in [0.5, 0.6) is 0 Å². The molecule has 2 rings (SSSR count). The summed E-state index contributed by atoms with van der Waals surface area (Å²) in [6.45, 7) is 4.45. The zero-order valence-corrected chi connectivity index (χ0v) is 14.6. The molecule has 0 bridgehead atoms. The third-order valence-corrected chi connectivity index (χ3v) is 4.87. The van der Waals surface area contributed by atoms with Crippen molar-refractivity contribution in [3.8, 4) is 0 Å². The second-order valence-electron chi connectivity index (χ2n) is 6.23. The summed E-state index contributed by atoms with van der Waals surface area (Å²) in [7, 11) is 0. The smallest absolute Gasteiger partial charge is 0.269 e. The van der Waals surface area contributed by atoms with Crippen LogP contribution in [0.3, 0.4) is 0 Å². The summed E-state index contributed by atoms with van der Waals surface area (Å²) in [6, 6.07) is 5.67. The van der Waals surface area contributed by atoms with Crippen LogP contribution in [-0.4, -0.2) is 22.0 Å². The van der Waals surface area contributed by atoms with Gasteiger partial charge in [0.1, 0.15) is 0 Å². The maximum atomic E-state index is 12.0. The van der Waals surface area contributed by atoms with E-state index in [0.29, 0.717) is 28.6 Å². The van der Waals surface area contributed by atoms with E-state index in [0.717, 1.165) is 6.42 Å². The Bertz CT molecular complexity index is 620. The number of hydrogen-bond acceptors (Lipinski definition) is 4. The summed E-state index contributed by atoms with van der Waals surface area (Å²) in [4.78, 5) is 22.1. The van der Waals surface area contributed by atoms with E-state index in [1.807, 2.05) is 0 Å². The van der Waals surface area contributed by atoms with Crippen LogP contribution in [0.25, 0.3) is 0 Å². The van der Waals surface area contributed by atoms with Crippen LogP contribution >= 0.6 is 12.2 Å². The number of nitrogens with zero attached hydrogens (tertiary/aromatic N) is 1. The van der Waals surface area contributed by atoms with Crippen molar-refractivity contribution in [3.05, 3.63) is 39.9 Å². The molecule has 0 saturated heterocycles. The maximum absolute atomic E-state index is 12.0. The summed E-state index contributed by atoms with van der Waals surface area (Å²) < 4.78 is 0. The monoisotopic (exact) mass is 350 g/mol. The van der Waals surface area contributed by atoms with Crippen LogP contribution in [-0.2, 0) is 0 Å². The molecule has 0 aromatic heterocycles. The lowest BCUT2D eigenvalue weighted by Gasteiger charge is -2.35. The third kappa shape index (κ3) is 4.64. The minimum absolute atomic E-state index is 0.0582. The third-order valence-electron chi connectivity index (χ3n) is 4.65. The van der Waals surface area contributed by atoms with Crippen molar-refractivity contribution in [2.75, 3.05) is 0 Å². The van der Waals surface area contributed by atoms with Gasteiger partial charge in [-0.15, -0.1) is 0 Å². The molecule has 1 saturated carbocycles. The van der Waals surface area contributed by atoms with E-state index in [4.69, 9.17) is 12.2 Å². The van der Waals surface area contributed by atoms with Crippen molar-refractivity contribution in [3.63, 3.8) is 0 Å². The summed E-state index contributed by atoms with van der Waals surface area (Å²) in [5.41, 5.74) is 5.45. The van der Waals surface area contributed by atoms with E-state index < -0.39 is 10.8 Å². The van der Waals surface area contributed by atoms with E-state index in [-0.39, 0.29) is 5.69 Å². The first-order valence-electron chi connectivity index (χ1n) is 7.99. The fraction of sp³-hybridized carbons (Fsp3) is 0.500. The normalized spacial score (nSPS) is 23.2. The molecule has 1 fully saturated rings. The summed E-state index contributed by atoms with van der Waals surface area (Å²) in [5, 5.41) is 14.2. The van der Waals surface area contributed by atoms with Gasteiger partial charge in [0.25, 0.3) is 11.6 Å². The molecular formula is C16H22N4O3S. The highest BCUT2D eigenvalue weighted by molar-refractivity contribution is 7.80. The highest BCUT2D eigenvalue weighted by Crippen LogP contribution is 2.29. The minimum atomic E-state index is -0.509. The van der Waals surface area contributed by atoms with Gasteiger partial charge in [0.15, 0.2) is 5.11 Å². The molecule has 1 amide bonds.